The summed E-state index contributed by atoms with van der Waals surface area (Å²) in [7, 11) is 0. The van der Waals surface area contributed by atoms with Crippen molar-refractivity contribution in [3.8, 4) is 0 Å². The zero-order valence-electron chi connectivity index (χ0n) is 12.7. The molecule has 0 spiro atoms. The van der Waals surface area contributed by atoms with Gasteiger partial charge in [-0.15, -0.1) is 0 Å². The number of rotatable bonds is 4. The van der Waals surface area contributed by atoms with Crippen LogP contribution in [-0.4, -0.2) is 17.5 Å². The van der Waals surface area contributed by atoms with Gasteiger partial charge in [-0.25, -0.2) is 4.79 Å². The van der Waals surface area contributed by atoms with Gasteiger partial charge in [0.05, 0.1) is 5.92 Å². The number of carbonyl (C=O) groups is 2. The van der Waals surface area contributed by atoms with E-state index in [0.29, 0.717) is 5.56 Å². The summed E-state index contributed by atoms with van der Waals surface area (Å²) in [5.74, 6) is -1.29. The Balaban J connectivity index is 2.96. The smallest absolute Gasteiger partial charge is 0.352 e. The Morgan fingerprint density at radius 3 is 2.00 bits per heavy atom. The Morgan fingerprint density at radius 1 is 1.00 bits per heavy atom. The van der Waals surface area contributed by atoms with Gasteiger partial charge in [0, 0.05) is 5.56 Å². The van der Waals surface area contributed by atoms with E-state index in [1.54, 1.807) is 58.9 Å². The molecule has 1 aromatic rings. The van der Waals surface area contributed by atoms with Gasteiger partial charge in [-0.2, -0.15) is 0 Å². The molecule has 0 saturated heterocycles. The lowest BCUT2D eigenvalue weighted by Crippen LogP contribution is -2.30. The van der Waals surface area contributed by atoms with Crippen molar-refractivity contribution in [3.63, 3.8) is 0 Å². The van der Waals surface area contributed by atoms with Crippen LogP contribution in [-0.2, 0) is 19.1 Å². The maximum absolute atomic E-state index is 12.2. The Morgan fingerprint density at radius 2 is 1.55 bits per heavy atom. The molecule has 0 radical (unpaired) electrons. The number of carbonyl (C=O) groups excluding carboxylic acids is 2. The van der Waals surface area contributed by atoms with E-state index in [1.165, 1.54) is 0 Å². The fourth-order valence-corrected chi connectivity index (χ4v) is 1.49. The molecule has 0 heterocycles. The van der Waals surface area contributed by atoms with Crippen molar-refractivity contribution in [2.24, 2.45) is 5.92 Å². The minimum atomic E-state index is -1.02. The molecular formula is C16H22O4. The highest BCUT2D eigenvalue weighted by Gasteiger charge is 2.30. The van der Waals surface area contributed by atoms with Crippen LogP contribution < -0.4 is 0 Å². The van der Waals surface area contributed by atoms with Gasteiger partial charge in [-0.3, -0.25) is 4.79 Å². The van der Waals surface area contributed by atoms with Crippen LogP contribution in [0.1, 0.15) is 46.3 Å². The predicted molar refractivity (Wildman–Crippen MR) is 76.0 cm³/mol. The molecule has 1 rings (SSSR count). The Bertz CT molecular complexity index is 457. The van der Waals surface area contributed by atoms with Crippen molar-refractivity contribution < 1.29 is 19.1 Å². The van der Waals surface area contributed by atoms with E-state index in [1.807, 2.05) is 6.07 Å². The molecule has 1 unspecified atom stereocenters. The van der Waals surface area contributed by atoms with Crippen LogP contribution in [0.2, 0.25) is 0 Å². The molecule has 1 atom stereocenters. The lowest BCUT2D eigenvalue weighted by molar-refractivity contribution is -0.178. The molecule has 0 aromatic heterocycles. The van der Waals surface area contributed by atoms with E-state index in [2.05, 4.69) is 0 Å². The highest BCUT2D eigenvalue weighted by Crippen LogP contribution is 2.23. The molecule has 0 aliphatic heterocycles. The molecule has 0 aliphatic carbocycles. The molecule has 1 aromatic carbocycles. The summed E-state index contributed by atoms with van der Waals surface area (Å²) in [4.78, 5) is 24.0. The van der Waals surface area contributed by atoms with Crippen LogP contribution in [0.25, 0.3) is 0 Å². The predicted octanol–water partition coefficient (Wildman–Crippen LogP) is 3.27. The van der Waals surface area contributed by atoms with Crippen LogP contribution in [0.3, 0.4) is 0 Å². The normalized spacial score (nSPS) is 12.9. The molecule has 0 saturated carbocycles. The first kappa shape index (κ1) is 16.2. The lowest BCUT2D eigenvalue weighted by Gasteiger charge is -2.24. The first-order valence-electron chi connectivity index (χ1n) is 6.69. The van der Waals surface area contributed by atoms with E-state index in [-0.39, 0.29) is 5.92 Å². The zero-order valence-corrected chi connectivity index (χ0v) is 12.7. The van der Waals surface area contributed by atoms with Crippen molar-refractivity contribution >= 4 is 11.9 Å². The highest BCUT2D eigenvalue weighted by molar-refractivity contribution is 5.81. The van der Waals surface area contributed by atoms with Crippen LogP contribution in [0.4, 0.5) is 0 Å². The molecule has 110 valence electrons. The van der Waals surface area contributed by atoms with Crippen LogP contribution >= 0.6 is 0 Å². The number of benzene rings is 1. The first-order valence-corrected chi connectivity index (χ1v) is 6.69. The summed E-state index contributed by atoms with van der Waals surface area (Å²) in [6.45, 7) is 8.77. The Hall–Kier alpha value is -1.84. The molecule has 20 heavy (non-hydrogen) atoms. The third-order valence-corrected chi connectivity index (χ3v) is 2.43. The lowest BCUT2D eigenvalue weighted by atomic mass is 10.1. The second kappa shape index (κ2) is 6.55. The first-order chi connectivity index (χ1) is 9.20. The average Bonchev–Trinajstić information content (AvgIpc) is 2.34. The van der Waals surface area contributed by atoms with Gasteiger partial charge in [0.1, 0.15) is 5.60 Å². The molecule has 0 amide bonds. The summed E-state index contributed by atoms with van der Waals surface area (Å²) >= 11 is 0. The van der Waals surface area contributed by atoms with Crippen LogP contribution in [0.15, 0.2) is 30.3 Å². The van der Waals surface area contributed by atoms with Crippen molar-refractivity contribution in [1.29, 1.82) is 0 Å². The maximum atomic E-state index is 12.2. The molecule has 4 heteroatoms. The quantitative estimate of drug-likeness (QED) is 0.793. The number of hydrogen-bond acceptors (Lipinski definition) is 4. The largest absolute Gasteiger partial charge is 0.457 e. The SMILES string of the molecule is CC(C)C(=O)OC(C(=O)OC(C)(C)C)c1ccccc1. The minimum absolute atomic E-state index is 0.302. The standard InChI is InChI=1S/C16H22O4/c1-11(2)14(17)19-13(12-9-7-6-8-10-12)15(18)20-16(3,4)5/h6-11,13H,1-5H3. The van der Waals surface area contributed by atoms with Gasteiger partial charge in [-0.05, 0) is 20.8 Å². The van der Waals surface area contributed by atoms with Gasteiger partial charge < -0.3 is 9.47 Å². The third-order valence-electron chi connectivity index (χ3n) is 2.43. The van der Waals surface area contributed by atoms with Crippen LogP contribution in [0, 0.1) is 5.92 Å². The summed E-state index contributed by atoms with van der Waals surface area (Å²) < 4.78 is 10.6. The van der Waals surface area contributed by atoms with Gasteiger partial charge in [0.15, 0.2) is 0 Å². The van der Waals surface area contributed by atoms with Crippen LogP contribution in [0.5, 0.6) is 0 Å². The molecule has 0 bridgehead atoms. The van der Waals surface area contributed by atoms with E-state index in [4.69, 9.17) is 9.47 Å². The van der Waals surface area contributed by atoms with Gasteiger partial charge in [-0.1, -0.05) is 44.2 Å². The van der Waals surface area contributed by atoms with Crippen molar-refractivity contribution in [1.82, 2.24) is 0 Å². The number of hydrogen-bond donors (Lipinski definition) is 0. The van der Waals surface area contributed by atoms with Crippen molar-refractivity contribution in [2.45, 2.75) is 46.3 Å². The minimum Gasteiger partial charge on any atom is -0.457 e. The third kappa shape index (κ3) is 5.03. The molecule has 0 fully saturated rings. The number of esters is 2. The molecule has 4 nitrogen and oxygen atoms in total. The topological polar surface area (TPSA) is 52.6 Å². The summed E-state index contributed by atoms with van der Waals surface area (Å²) in [5.41, 5.74) is -0.0234. The van der Waals surface area contributed by atoms with Crippen molar-refractivity contribution in [3.05, 3.63) is 35.9 Å². The fraction of sp³-hybridized carbons (Fsp3) is 0.500. The Kier molecular flexibility index (Phi) is 5.31. The van der Waals surface area contributed by atoms with Gasteiger partial charge in [0.2, 0.25) is 6.10 Å². The average molecular weight is 278 g/mol. The Labute approximate surface area is 120 Å². The summed E-state index contributed by atoms with van der Waals surface area (Å²) in [5, 5.41) is 0. The highest BCUT2D eigenvalue weighted by atomic mass is 16.6. The second-order valence-electron chi connectivity index (χ2n) is 5.92. The maximum Gasteiger partial charge on any atom is 0.352 e. The summed E-state index contributed by atoms with van der Waals surface area (Å²) in [6, 6.07) is 8.89. The van der Waals surface area contributed by atoms with E-state index < -0.39 is 23.6 Å². The monoisotopic (exact) mass is 278 g/mol. The summed E-state index contributed by atoms with van der Waals surface area (Å²) in [6.07, 6.45) is -1.02. The van der Waals surface area contributed by atoms with E-state index >= 15 is 0 Å². The van der Waals surface area contributed by atoms with Crippen molar-refractivity contribution in [2.75, 3.05) is 0 Å². The van der Waals surface area contributed by atoms with Gasteiger partial charge in [0.25, 0.3) is 0 Å². The molecule has 0 N–H and O–H groups in total. The van der Waals surface area contributed by atoms with Gasteiger partial charge >= 0.3 is 11.9 Å². The second-order valence-corrected chi connectivity index (χ2v) is 5.92. The fourth-order valence-electron chi connectivity index (χ4n) is 1.49. The van der Waals surface area contributed by atoms with E-state index in [0.717, 1.165) is 0 Å². The number of ether oxygens (including phenoxy) is 2. The van der Waals surface area contributed by atoms with E-state index in [9.17, 15) is 9.59 Å². The molecular weight excluding hydrogens is 256 g/mol. The molecule has 0 aliphatic rings. The zero-order chi connectivity index (χ0) is 15.3.